The molecule has 0 radical (unpaired) electrons. The Balaban J connectivity index is 1.58. The van der Waals surface area contributed by atoms with Crippen LogP contribution in [0.1, 0.15) is 30.4 Å². The second-order valence-corrected chi connectivity index (χ2v) is 8.08. The van der Waals surface area contributed by atoms with E-state index in [0.717, 1.165) is 12.0 Å². The average molecular weight is 397 g/mol. The fourth-order valence-corrected chi connectivity index (χ4v) is 4.90. The van der Waals surface area contributed by atoms with Crippen LogP contribution in [-0.2, 0) is 6.54 Å². The molecule has 2 fully saturated rings. The molecule has 2 heterocycles. The lowest BCUT2D eigenvalue weighted by atomic mass is 9.60. The molecule has 2 atom stereocenters. The number of halogens is 1. The number of hydrogen-bond acceptors (Lipinski definition) is 3. The van der Waals surface area contributed by atoms with Crippen LogP contribution in [0.3, 0.4) is 0 Å². The normalized spacial score (nSPS) is 22.8. The molecule has 2 aromatic carbocycles. The van der Waals surface area contributed by atoms with Crippen molar-refractivity contribution < 1.29 is 14.3 Å². The molecule has 2 aromatic rings. The lowest BCUT2D eigenvalue weighted by Gasteiger charge is -2.70. The van der Waals surface area contributed by atoms with Crippen LogP contribution in [0.15, 0.2) is 54.6 Å². The molecular formula is C23H28FN3O2. The van der Waals surface area contributed by atoms with E-state index in [-0.39, 0.29) is 36.0 Å². The van der Waals surface area contributed by atoms with Crippen LogP contribution in [0.4, 0.5) is 9.18 Å². The van der Waals surface area contributed by atoms with Crippen molar-refractivity contribution in [3.8, 4) is 0 Å². The van der Waals surface area contributed by atoms with Gasteiger partial charge in [-0.15, -0.1) is 0 Å². The number of benzene rings is 2. The van der Waals surface area contributed by atoms with E-state index in [4.69, 9.17) is 0 Å². The summed E-state index contributed by atoms with van der Waals surface area (Å²) < 4.78 is 13.3. The Hall–Kier alpha value is -2.44. The third kappa shape index (κ3) is 3.51. The van der Waals surface area contributed by atoms with Gasteiger partial charge in [0.25, 0.3) is 0 Å². The molecule has 0 aromatic heterocycles. The molecule has 2 amide bonds. The summed E-state index contributed by atoms with van der Waals surface area (Å²) in [5.74, 6) is -0.0975. The van der Waals surface area contributed by atoms with Gasteiger partial charge in [-0.1, -0.05) is 49.4 Å². The summed E-state index contributed by atoms with van der Waals surface area (Å²) in [7, 11) is 0. The van der Waals surface area contributed by atoms with Crippen LogP contribution in [0.5, 0.6) is 0 Å². The van der Waals surface area contributed by atoms with Crippen LogP contribution in [-0.4, -0.2) is 58.8 Å². The van der Waals surface area contributed by atoms with Crippen molar-refractivity contribution in [2.24, 2.45) is 0 Å². The number of nitrogens with one attached hydrogen (secondary N) is 1. The van der Waals surface area contributed by atoms with E-state index >= 15 is 0 Å². The van der Waals surface area contributed by atoms with Gasteiger partial charge in [0.2, 0.25) is 0 Å². The van der Waals surface area contributed by atoms with Crippen LogP contribution in [0.2, 0.25) is 0 Å². The van der Waals surface area contributed by atoms with Crippen molar-refractivity contribution in [3.05, 3.63) is 71.5 Å². The fourth-order valence-electron chi connectivity index (χ4n) is 4.90. The first kappa shape index (κ1) is 19.9. The first-order valence-corrected chi connectivity index (χ1v) is 10.3. The molecule has 2 aliphatic rings. The van der Waals surface area contributed by atoms with Crippen LogP contribution in [0, 0.1) is 5.82 Å². The summed E-state index contributed by atoms with van der Waals surface area (Å²) in [5.41, 5.74) is 1.99. The van der Waals surface area contributed by atoms with E-state index in [0.29, 0.717) is 26.2 Å². The molecule has 0 bridgehead atoms. The van der Waals surface area contributed by atoms with Crippen molar-refractivity contribution in [1.29, 1.82) is 0 Å². The topological polar surface area (TPSA) is 55.8 Å². The number of rotatable bonds is 6. The number of carbonyl (C=O) groups is 1. The number of carbonyl (C=O) groups excluding carboxylic acids is 1. The minimum Gasteiger partial charge on any atom is -0.395 e. The van der Waals surface area contributed by atoms with Gasteiger partial charge in [0, 0.05) is 38.1 Å². The Kier molecular flexibility index (Phi) is 5.56. The summed E-state index contributed by atoms with van der Waals surface area (Å²) in [6.45, 7) is 4.62. The molecule has 2 saturated heterocycles. The summed E-state index contributed by atoms with van der Waals surface area (Å²) in [5, 5.41) is 13.1. The molecule has 1 spiro atoms. The number of urea groups is 1. The highest BCUT2D eigenvalue weighted by molar-refractivity contribution is 5.76. The van der Waals surface area contributed by atoms with Gasteiger partial charge in [0.05, 0.1) is 12.1 Å². The smallest absolute Gasteiger partial charge is 0.317 e. The van der Waals surface area contributed by atoms with Gasteiger partial charge in [-0.3, -0.25) is 4.90 Å². The summed E-state index contributed by atoms with van der Waals surface area (Å²) >= 11 is 0. The maximum absolute atomic E-state index is 13.3. The lowest BCUT2D eigenvalue weighted by molar-refractivity contribution is -0.183. The standard InChI is InChI=1S/C23H28FN3O2/c1-2-12-25-22(29)26-15-23(16-26)21(18-6-4-3-5-7-18)20(14-28)27(23)13-17-8-10-19(24)11-9-17/h3-11,20-21,28H,2,12-16H2,1H3,(H,25,29)/t20-,21-/m0/s1. The van der Waals surface area contributed by atoms with Crippen LogP contribution < -0.4 is 5.32 Å². The molecule has 154 valence electrons. The van der Waals surface area contributed by atoms with Gasteiger partial charge in [0.15, 0.2) is 0 Å². The minimum absolute atomic E-state index is 0.0247. The Morgan fingerprint density at radius 1 is 1.17 bits per heavy atom. The van der Waals surface area contributed by atoms with E-state index < -0.39 is 0 Å². The van der Waals surface area contributed by atoms with Crippen molar-refractivity contribution in [2.45, 2.75) is 37.4 Å². The molecule has 0 saturated carbocycles. The zero-order valence-corrected chi connectivity index (χ0v) is 16.7. The SMILES string of the molecule is CCCNC(=O)N1CC2(C1)[C@@H](c1ccccc1)[C@H](CO)N2Cc1ccc(F)cc1. The largest absolute Gasteiger partial charge is 0.395 e. The maximum atomic E-state index is 13.3. The van der Waals surface area contributed by atoms with Crippen molar-refractivity contribution in [2.75, 3.05) is 26.2 Å². The number of hydrogen-bond donors (Lipinski definition) is 2. The van der Waals surface area contributed by atoms with Gasteiger partial charge in [-0.05, 0) is 29.7 Å². The Bertz CT molecular complexity index is 837. The summed E-state index contributed by atoms with van der Waals surface area (Å²) in [6, 6.07) is 16.7. The summed E-state index contributed by atoms with van der Waals surface area (Å²) in [4.78, 5) is 16.6. The molecule has 5 nitrogen and oxygen atoms in total. The van der Waals surface area contributed by atoms with E-state index in [9.17, 15) is 14.3 Å². The van der Waals surface area contributed by atoms with Gasteiger partial charge in [-0.25, -0.2) is 9.18 Å². The molecule has 29 heavy (non-hydrogen) atoms. The molecule has 2 N–H and O–H groups in total. The highest BCUT2D eigenvalue weighted by Crippen LogP contribution is 2.54. The van der Waals surface area contributed by atoms with Crippen LogP contribution in [0.25, 0.3) is 0 Å². The third-order valence-corrected chi connectivity index (χ3v) is 6.29. The van der Waals surface area contributed by atoms with Gasteiger partial charge in [0.1, 0.15) is 5.82 Å². The average Bonchev–Trinajstić information content (AvgIpc) is 2.70. The first-order valence-electron chi connectivity index (χ1n) is 10.3. The number of aliphatic hydroxyl groups is 1. The van der Waals surface area contributed by atoms with E-state index in [1.165, 1.54) is 17.7 Å². The first-order chi connectivity index (χ1) is 14.1. The molecule has 4 rings (SSSR count). The maximum Gasteiger partial charge on any atom is 0.317 e. The molecule has 0 aliphatic carbocycles. The minimum atomic E-state index is -0.254. The second-order valence-electron chi connectivity index (χ2n) is 8.08. The van der Waals surface area contributed by atoms with E-state index in [1.54, 1.807) is 12.1 Å². The predicted octanol–water partition coefficient (Wildman–Crippen LogP) is 2.96. The number of amides is 2. The lowest BCUT2D eigenvalue weighted by Crippen LogP contribution is -2.85. The zero-order chi connectivity index (χ0) is 20.4. The Morgan fingerprint density at radius 3 is 2.48 bits per heavy atom. The van der Waals surface area contributed by atoms with E-state index in [1.807, 2.05) is 30.0 Å². The highest BCUT2D eigenvalue weighted by atomic mass is 19.1. The predicted molar refractivity (Wildman–Crippen MR) is 110 cm³/mol. The Labute approximate surface area is 171 Å². The van der Waals surface area contributed by atoms with E-state index in [2.05, 4.69) is 22.3 Å². The third-order valence-electron chi connectivity index (χ3n) is 6.29. The molecule has 2 aliphatic heterocycles. The number of aliphatic hydroxyl groups excluding tert-OH is 1. The van der Waals surface area contributed by atoms with Gasteiger partial charge in [-0.2, -0.15) is 0 Å². The number of nitrogens with zero attached hydrogens (tertiary/aromatic N) is 2. The zero-order valence-electron chi connectivity index (χ0n) is 16.7. The summed E-state index contributed by atoms with van der Waals surface area (Å²) in [6.07, 6.45) is 0.903. The quantitative estimate of drug-likeness (QED) is 0.788. The van der Waals surface area contributed by atoms with Crippen molar-refractivity contribution >= 4 is 6.03 Å². The highest BCUT2D eigenvalue weighted by Gasteiger charge is 2.66. The molecular weight excluding hydrogens is 369 g/mol. The number of likely N-dealkylation sites (tertiary alicyclic amines) is 2. The van der Waals surface area contributed by atoms with Crippen LogP contribution >= 0.6 is 0 Å². The fraction of sp³-hybridized carbons (Fsp3) is 0.435. The van der Waals surface area contributed by atoms with Gasteiger partial charge < -0.3 is 15.3 Å². The molecule has 0 unspecified atom stereocenters. The van der Waals surface area contributed by atoms with Gasteiger partial charge >= 0.3 is 6.03 Å². The Morgan fingerprint density at radius 2 is 1.86 bits per heavy atom. The second kappa shape index (κ2) is 8.13. The van der Waals surface area contributed by atoms with Crippen molar-refractivity contribution in [1.82, 2.24) is 15.1 Å². The monoisotopic (exact) mass is 397 g/mol. The van der Waals surface area contributed by atoms with Crippen molar-refractivity contribution in [3.63, 3.8) is 0 Å². The molecule has 6 heteroatoms.